The highest BCUT2D eigenvalue weighted by Gasteiger charge is 2.35. The quantitative estimate of drug-likeness (QED) is 0.781. The standard InChI is InChI=1S/C13H12BrF2NO/c14-10-2-3-11(15)9(12(10)16)6-13(7-17)4-1-5-18-8-13/h2-3H,1,4-6,8H2. The summed E-state index contributed by atoms with van der Waals surface area (Å²) in [6.45, 7) is 0.835. The number of halogens is 3. The minimum atomic E-state index is -0.819. The normalized spacial score (nSPS) is 23.7. The Morgan fingerprint density at radius 2 is 2.22 bits per heavy atom. The van der Waals surface area contributed by atoms with Gasteiger partial charge in [-0.3, -0.25) is 0 Å². The van der Waals surface area contributed by atoms with Gasteiger partial charge in [-0.2, -0.15) is 5.26 Å². The highest BCUT2D eigenvalue weighted by atomic mass is 79.9. The molecule has 0 bridgehead atoms. The minimum Gasteiger partial charge on any atom is -0.380 e. The molecule has 0 aromatic heterocycles. The summed E-state index contributed by atoms with van der Waals surface area (Å²) < 4.78 is 33.1. The first-order valence-electron chi connectivity index (χ1n) is 5.69. The molecular formula is C13H12BrF2NO. The number of hydrogen-bond donors (Lipinski definition) is 0. The largest absolute Gasteiger partial charge is 0.380 e. The van der Waals surface area contributed by atoms with Crippen LogP contribution in [-0.4, -0.2) is 13.2 Å². The van der Waals surface area contributed by atoms with E-state index in [4.69, 9.17) is 4.74 Å². The number of ether oxygens (including phenoxy) is 1. The van der Waals surface area contributed by atoms with E-state index < -0.39 is 17.0 Å². The number of benzene rings is 1. The zero-order valence-electron chi connectivity index (χ0n) is 9.68. The van der Waals surface area contributed by atoms with Crippen molar-refractivity contribution in [3.8, 4) is 6.07 Å². The second-order valence-electron chi connectivity index (χ2n) is 4.55. The molecular weight excluding hydrogens is 304 g/mol. The maximum Gasteiger partial charge on any atom is 0.143 e. The highest BCUT2D eigenvalue weighted by Crippen LogP contribution is 2.34. The van der Waals surface area contributed by atoms with E-state index in [1.165, 1.54) is 12.1 Å². The van der Waals surface area contributed by atoms with Crippen LogP contribution in [0.2, 0.25) is 0 Å². The van der Waals surface area contributed by atoms with Gasteiger partial charge in [0.2, 0.25) is 0 Å². The van der Waals surface area contributed by atoms with Gasteiger partial charge in [0.1, 0.15) is 11.6 Å². The fourth-order valence-electron chi connectivity index (χ4n) is 2.19. The van der Waals surface area contributed by atoms with Crippen molar-refractivity contribution in [3.63, 3.8) is 0 Å². The van der Waals surface area contributed by atoms with Gasteiger partial charge in [0, 0.05) is 12.2 Å². The molecule has 1 aliphatic rings. The third-order valence-corrected chi connectivity index (χ3v) is 3.83. The van der Waals surface area contributed by atoms with Gasteiger partial charge in [-0.05, 0) is 47.3 Å². The fraction of sp³-hybridized carbons (Fsp3) is 0.462. The smallest absolute Gasteiger partial charge is 0.143 e. The molecule has 0 N–H and O–H groups in total. The summed E-state index contributed by atoms with van der Waals surface area (Å²) in [7, 11) is 0. The lowest BCUT2D eigenvalue weighted by atomic mass is 9.78. The van der Waals surface area contributed by atoms with Crippen molar-refractivity contribution >= 4 is 15.9 Å². The average molecular weight is 316 g/mol. The summed E-state index contributed by atoms with van der Waals surface area (Å²) >= 11 is 3.03. The monoisotopic (exact) mass is 315 g/mol. The highest BCUT2D eigenvalue weighted by molar-refractivity contribution is 9.10. The van der Waals surface area contributed by atoms with E-state index in [1.807, 2.05) is 0 Å². The Hall–Kier alpha value is -0.990. The first-order chi connectivity index (χ1) is 8.58. The molecule has 1 aromatic carbocycles. The van der Waals surface area contributed by atoms with Crippen LogP contribution in [0.4, 0.5) is 8.78 Å². The van der Waals surface area contributed by atoms with E-state index in [0.29, 0.717) is 13.0 Å². The van der Waals surface area contributed by atoms with Crippen molar-refractivity contribution in [2.24, 2.45) is 5.41 Å². The van der Waals surface area contributed by atoms with Gasteiger partial charge in [0.05, 0.1) is 22.6 Å². The first kappa shape index (κ1) is 13.4. The summed E-state index contributed by atoms with van der Waals surface area (Å²) in [4.78, 5) is 0. The Morgan fingerprint density at radius 3 is 2.83 bits per heavy atom. The molecule has 1 aliphatic heterocycles. The number of nitrogens with zero attached hydrogens (tertiary/aromatic N) is 1. The second kappa shape index (κ2) is 5.33. The van der Waals surface area contributed by atoms with Crippen molar-refractivity contribution < 1.29 is 13.5 Å². The summed E-state index contributed by atoms with van der Waals surface area (Å²) in [5, 5.41) is 9.27. The zero-order valence-corrected chi connectivity index (χ0v) is 11.3. The molecule has 18 heavy (non-hydrogen) atoms. The molecule has 1 unspecified atom stereocenters. The summed E-state index contributed by atoms with van der Waals surface area (Å²) in [6.07, 6.45) is 1.39. The molecule has 1 saturated heterocycles. The SMILES string of the molecule is N#CC1(Cc2c(F)ccc(Br)c2F)CCCOC1. The van der Waals surface area contributed by atoms with Crippen molar-refractivity contribution in [3.05, 3.63) is 33.8 Å². The van der Waals surface area contributed by atoms with Crippen molar-refractivity contribution in [2.75, 3.05) is 13.2 Å². The molecule has 0 amide bonds. The van der Waals surface area contributed by atoms with Crippen LogP contribution in [0.5, 0.6) is 0 Å². The minimum absolute atomic E-state index is 0.0423. The molecule has 96 valence electrons. The molecule has 0 aliphatic carbocycles. The van der Waals surface area contributed by atoms with Crippen LogP contribution in [-0.2, 0) is 11.2 Å². The van der Waals surface area contributed by atoms with E-state index in [-0.39, 0.29) is 23.1 Å². The lowest BCUT2D eigenvalue weighted by Crippen LogP contribution is -2.33. The Morgan fingerprint density at radius 1 is 1.44 bits per heavy atom. The first-order valence-corrected chi connectivity index (χ1v) is 6.49. The summed E-state index contributed by atoms with van der Waals surface area (Å²) in [5.74, 6) is -1.24. The van der Waals surface area contributed by atoms with Crippen LogP contribution in [0.15, 0.2) is 16.6 Å². The second-order valence-corrected chi connectivity index (χ2v) is 5.40. The summed E-state index contributed by atoms with van der Waals surface area (Å²) in [5.41, 5.74) is -0.864. The average Bonchev–Trinajstić information content (AvgIpc) is 2.40. The van der Waals surface area contributed by atoms with Crippen LogP contribution in [0, 0.1) is 28.4 Å². The van der Waals surface area contributed by atoms with Gasteiger partial charge in [-0.25, -0.2) is 8.78 Å². The predicted octanol–water partition coefficient (Wildman–Crippen LogP) is 3.59. The molecule has 1 heterocycles. The van der Waals surface area contributed by atoms with E-state index in [2.05, 4.69) is 22.0 Å². The predicted molar refractivity (Wildman–Crippen MR) is 65.9 cm³/mol. The molecule has 2 nitrogen and oxygen atoms in total. The van der Waals surface area contributed by atoms with Crippen LogP contribution >= 0.6 is 15.9 Å². The van der Waals surface area contributed by atoms with Crippen molar-refractivity contribution in [1.29, 1.82) is 5.26 Å². The molecule has 1 atom stereocenters. The third-order valence-electron chi connectivity index (χ3n) is 3.21. The van der Waals surface area contributed by atoms with Gasteiger partial charge < -0.3 is 4.74 Å². The van der Waals surface area contributed by atoms with E-state index in [9.17, 15) is 14.0 Å². The van der Waals surface area contributed by atoms with Gasteiger partial charge in [-0.1, -0.05) is 0 Å². The fourth-order valence-corrected chi connectivity index (χ4v) is 2.56. The van der Waals surface area contributed by atoms with Gasteiger partial charge in [-0.15, -0.1) is 0 Å². The molecule has 0 saturated carbocycles. The lowest BCUT2D eigenvalue weighted by molar-refractivity contribution is 0.0216. The Kier molecular flexibility index (Phi) is 3.98. The van der Waals surface area contributed by atoms with Gasteiger partial charge >= 0.3 is 0 Å². The maximum absolute atomic E-state index is 13.9. The Labute approximate surface area is 113 Å². The number of nitriles is 1. The Bertz CT molecular complexity index is 492. The number of rotatable bonds is 2. The van der Waals surface area contributed by atoms with E-state index >= 15 is 0 Å². The molecule has 1 fully saturated rings. The van der Waals surface area contributed by atoms with E-state index in [0.717, 1.165) is 6.42 Å². The van der Waals surface area contributed by atoms with Gasteiger partial charge in [0.15, 0.2) is 0 Å². The lowest BCUT2D eigenvalue weighted by Gasteiger charge is -2.30. The molecule has 2 rings (SSSR count). The topological polar surface area (TPSA) is 33.0 Å². The van der Waals surface area contributed by atoms with Gasteiger partial charge in [0.25, 0.3) is 0 Å². The maximum atomic E-state index is 13.9. The van der Waals surface area contributed by atoms with Crippen LogP contribution in [0.25, 0.3) is 0 Å². The zero-order chi connectivity index (χ0) is 13.2. The molecule has 5 heteroatoms. The Balaban J connectivity index is 2.33. The molecule has 0 radical (unpaired) electrons. The van der Waals surface area contributed by atoms with Crippen LogP contribution in [0.3, 0.4) is 0 Å². The molecule has 0 spiro atoms. The van der Waals surface area contributed by atoms with Crippen molar-refractivity contribution in [2.45, 2.75) is 19.3 Å². The summed E-state index contributed by atoms with van der Waals surface area (Å²) in [6, 6.07) is 4.70. The van der Waals surface area contributed by atoms with Crippen LogP contribution in [0.1, 0.15) is 18.4 Å². The molecule has 1 aromatic rings. The van der Waals surface area contributed by atoms with Crippen LogP contribution < -0.4 is 0 Å². The van der Waals surface area contributed by atoms with Crippen molar-refractivity contribution in [1.82, 2.24) is 0 Å². The third kappa shape index (κ3) is 2.55. The number of hydrogen-bond acceptors (Lipinski definition) is 2. The van der Waals surface area contributed by atoms with E-state index in [1.54, 1.807) is 0 Å².